The Labute approximate surface area is 179 Å². The number of nitrogens with one attached hydrogen (secondary N) is 1. The number of aliphatic hydroxyl groups is 1. The van der Waals surface area contributed by atoms with Crippen LogP contribution in [0.3, 0.4) is 0 Å². The predicted octanol–water partition coefficient (Wildman–Crippen LogP) is 3.37. The van der Waals surface area contributed by atoms with Crippen molar-refractivity contribution in [1.82, 2.24) is 10.2 Å². The average molecular weight is 415 g/mol. The summed E-state index contributed by atoms with van der Waals surface area (Å²) in [5.74, 6) is -1.25. The second-order valence-electron chi connectivity index (χ2n) is 7.85. The molecule has 0 saturated heterocycles. The lowest BCUT2D eigenvalue weighted by Gasteiger charge is -2.22. The summed E-state index contributed by atoms with van der Waals surface area (Å²) in [7, 11) is 1.62. The van der Waals surface area contributed by atoms with E-state index in [1.807, 2.05) is 6.92 Å². The predicted molar refractivity (Wildman–Crippen MR) is 119 cm³/mol. The van der Waals surface area contributed by atoms with Crippen molar-refractivity contribution in [2.75, 3.05) is 20.2 Å². The zero-order valence-electron chi connectivity index (χ0n) is 18.7. The number of hydrogen-bond donors (Lipinski definition) is 2. The van der Waals surface area contributed by atoms with Crippen molar-refractivity contribution in [3.05, 3.63) is 58.5 Å². The molecule has 0 aromatic heterocycles. The molecule has 1 amide bonds. The SMILES string of the molecule is CC(C)=CCCC(C)=CCCC(C)=CC(=O)NC1=CC(=O)C(N(C)CCO)=CC1=O. The minimum Gasteiger partial charge on any atom is -0.395 e. The largest absolute Gasteiger partial charge is 0.395 e. The van der Waals surface area contributed by atoms with Gasteiger partial charge in [0.05, 0.1) is 18.0 Å². The van der Waals surface area contributed by atoms with Crippen molar-refractivity contribution >= 4 is 17.5 Å². The summed E-state index contributed by atoms with van der Waals surface area (Å²) >= 11 is 0. The van der Waals surface area contributed by atoms with Crippen molar-refractivity contribution in [3.8, 4) is 0 Å². The fourth-order valence-electron chi connectivity index (χ4n) is 2.92. The second-order valence-corrected chi connectivity index (χ2v) is 7.85. The molecule has 0 radical (unpaired) electrons. The van der Waals surface area contributed by atoms with Gasteiger partial charge in [0.2, 0.25) is 17.5 Å². The van der Waals surface area contributed by atoms with Crippen LogP contribution in [0, 0.1) is 0 Å². The number of carbonyl (C=O) groups is 3. The Hall–Kier alpha value is -2.73. The van der Waals surface area contributed by atoms with E-state index in [4.69, 9.17) is 5.11 Å². The molecule has 0 aromatic carbocycles. The van der Waals surface area contributed by atoms with Crippen LogP contribution in [0.1, 0.15) is 53.4 Å². The summed E-state index contributed by atoms with van der Waals surface area (Å²) in [6, 6.07) is 0. The van der Waals surface area contributed by atoms with Crippen LogP contribution >= 0.6 is 0 Å². The van der Waals surface area contributed by atoms with Gasteiger partial charge in [-0.05, 0) is 53.4 Å². The lowest BCUT2D eigenvalue weighted by Crippen LogP contribution is -2.33. The van der Waals surface area contributed by atoms with Gasteiger partial charge in [0.25, 0.3) is 0 Å². The molecular formula is C24H34N2O4. The number of rotatable bonds is 11. The highest BCUT2D eigenvalue weighted by molar-refractivity contribution is 6.20. The van der Waals surface area contributed by atoms with Crippen molar-refractivity contribution in [2.24, 2.45) is 0 Å². The van der Waals surface area contributed by atoms with Crippen LogP contribution in [-0.4, -0.2) is 47.7 Å². The van der Waals surface area contributed by atoms with Crippen LogP contribution in [-0.2, 0) is 14.4 Å². The summed E-state index contributed by atoms with van der Waals surface area (Å²) in [6.45, 7) is 8.28. The first-order valence-electron chi connectivity index (χ1n) is 10.2. The maximum absolute atomic E-state index is 12.2. The molecule has 1 aliphatic carbocycles. The van der Waals surface area contributed by atoms with E-state index in [2.05, 4.69) is 38.2 Å². The van der Waals surface area contributed by atoms with E-state index in [-0.39, 0.29) is 30.3 Å². The molecule has 30 heavy (non-hydrogen) atoms. The molecule has 1 rings (SSSR count). The van der Waals surface area contributed by atoms with Gasteiger partial charge in [0, 0.05) is 31.8 Å². The van der Waals surface area contributed by atoms with Crippen LogP contribution in [0.2, 0.25) is 0 Å². The number of ketones is 2. The number of allylic oxidation sites excluding steroid dienone is 7. The van der Waals surface area contributed by atoms with E-state index in [9.17, 15) is 14.4 Å². The maximum atomic E-state index is 12.2. The smallest absolute Gasteiger partial charge is 0.248 e. The average Bonchev–Trinajstić information content (AvgIpc) is 2.64. The molecule has 0 spiro atoms. The molecule has 0 heterocycles. The van der Waals surface area contributed by atoms with E-state index in [1.165, 1.54) is 28.2 Å². The van der Waals surface area contributed by atoms with Crippen LogP contribution in [0.15, 0.2) is 58.5 Å². The molecule has 0 aromatic rings. The third-order valence-corrected chi connectivity index (χ3v) is 4.67. The van der Waals surface area contributed by atoms with Gasteiger partial charge >= 0.3 is 0 Å². The van der Waals surface area contributed by atoms with E-state index < -0.39 is 11.7 Å². The second kappa shape index (κ2) is 12.8. The van der Waals surface area contributed by atoms with Crippen LogP contribution in [0.4, 0.5) is 0 Å². The maximum Gasteiger partial charge on any atom is 0.248 e. The highest BCUT2D eigenvalue weighted by Crippen LogP contribution is 2.14. The summed E-state index contributed by atoms with van der Waals surface area (Å²) in [5, 5.41) is 11.5. The van der Waals surface area contributed by atoms with Crippen LogP contribution in [0.5, 0.6) is 0 Å². The lowest BCUT2D eigenvalue weighted by molar-refractivity contribution is -0.119. The van der Waals surface area contributed by atoms with Crippen molar-refractivity contribution in [1.29, 1.82) is 0 Å². The van der Waals surface area contributed by atoms with Gasteiger partial charge in [-0.3, -0.25) is 14.4 Å². The number of hydrogen-bond acceptors (Lipinski definition) is 5. The molecule has 2 N–H and O–H groups in total. The molecule has 0 aliphatic heterocycles. The van der Waals surface area contributed by atoms with Gasteiger partial charge in [0.1, 0.15) is 0 Å². The van der Waals surface area contributed by atoms with E-state index in [0.717, 1.165) is 37.3 Å². The quantitative estimate of drug-likeness (QED) is 0.308. The standard InChI is InChI=1S/C24H34N2O4/c1-17(2)8-6-9-18(3)10-7-11-19(4)14-24(30)25-20-15-23(29)21(16-22(20)28)26(5)12-13-27/h8,10,14-16,27H,6-7,9,11-13H2,1-5H3,(H,25,30). The Balaban J connectivity index is 2.57. The Morgan fingerprint density at radius 3 is 2.27 bits per heavy atom. The molecule has 6 heteroatoms. The molecule has 0 unspecified atom stereocenters. The third kappa shape index (κ3) is 9.18. The fourth-order valence-corrected chi connectivity index (χ4v) is 2.92. The molecule has 6 nitrogen and oxygen atoms in total. The van der Waals surface area contributed by atoms with Crippen LogP contribution < -0.4 is 5.32 Å². The van der Waals surface area contributed by atoms with Gasteiger partial charge in [-0.15, -0.1) is 0 Å². The number of likely N-dealkylation sites (N-methyl/N-ethyl adjacent to an activating group) is 1. The lowest BCUT2D eigenvalue weighted by atomic mass is 10.0. The molecule has 0 saturated carbocycles. The number of carbonyl (C=O) groups excluding carboxylic acids is 3. The van der Waals surface area contributed by atoms with E-state index in [0.29, 0.717) is 0 Å². The first-order valence-corrected chi connectivity index (χ1v) is 10.2. The highest BCUT2D eigenvalue weighted by Gasteiger charge is 2.23. The van der Waals surface area contributed by atoms with E-state index in [1.54, 1.807) is 7.05 Å². The van der Waals surface area contributed by atoms with Crippen molar-refractivity contribution in [2.45, 2.75) is 53.4 Å². The number of amides is 1. The van der Waals surface area contributed by atoms with E-state index >= 15 is 0 Å². The van der Waals surface area contributed by atoms with Crippen molar-refractivity contribution < 1.29 is 19.5 Å². The Morgan fingerprint density at radius 1 is 1.00 bits per heavy atom. The molecule has 0 bridgehead atoms. The first kappa shape index (κ1) is 25.3. The zero-order valence-corrected chi connectivity index (χ0v) is 18.7. The topological polar surface area (TPSA) is 86.7 Å². The summed E-state index contributed by atoms with van der Waals surface area (Å²) in [5.41, 5.74) is 3.71. The molecule has 0 fully saturated rings. The Morgan fingerprint density at radius 2 is 1.63 bits per heavy atom. The number of nitrogens with zero attached hydrogens (tertiary/aromatic N) is 1. The Bertz CT molecular complexity index is 809. The fraction of sp³-hybridized carbons (Fsp3) is 0.458. The molecular weight excluding hydrogens is 380 g/mol. The van der Waals surface area contributed by atoms with Gasteiger partial charge < -0.3 is 15.3 Å². The van der Waals surface area contributed by atoms with Gasteiger partial charge in [-0.25, -0.2) is 0 Å². The minimum atomic E-state index is -0.441. The monoisotopic (exact) mass is 414 g/mol. The highest BCUT2D eigenvalue weighted by atomic mass is 16.3. The molecule has 0 atom stereocenters. The summed E-state index contributed by atoms with van der Waals surface area (Å²) in [4.78, 5) is 38.1. The Kier molecular flexibility index (Phi) is 10.8. The van der Waals surface area contributed by atoms with Gasteiger partial charge in [-0.2, -0.15) is 0 Å². The van der Waals surface area contributed by atoms with Crippen molar-refractivity contribution in [3.63, 3.8) is 0 Å². The summed E-state index contributed by atoms with van der Waals surface area (Å²) < 4.78 is 0. The summed E-state index contributed by atoms with van der Waals surface area (Å²) in [6.07, 6.45) is 11.9. The van der Waals surface area contributed by atoms with Gasteiger partial charge in [0.15, 0.2) is 0 Å². The third-order valence-electron chi connectivity index (χ3n) is 4.67. The molecule has 1 aliphatic rings. The molecule has 164 valence electrons. The number of aliphatic hydroxyl groups excluding tert-OH is 1. The van der Waals surface area contributed by atoms with Gasteiger partial charge in [-0.1, -0.05) is 28.9 Å². The first-order chi connectivity index (χ1) is 14.1. The zero-order chi connectivity index (χ0) is 22.7. The van der Waals surface area contributed by atoms with Crippen LogP contribution in [0.25, 0.3) is 0 Å². The normalized spacial score (nSPS) is 14.9. The minimum absolute atomic E-state index is 0.0368.